The summed E-state index contributed by atoms with van der Waals surface area (Å²) in [7, 11) is 1.73. The third kappa shape index (κ3) is 3.35. The van der Waals surface area contributed by atoms with Gasteiger partial charge in [0.05, 0.1) is 6.10 Å². The minimum Gasteiger partial charge on any atom is -0.380 e. The molecule has 0 saturated carbocycles. The van der Waals surface area contributed by atoms with Gasteiger partial charge in [0, 0.05) is 29.0 Å². The molecule has 0 saturated heterocycles. The van der Waals surface area contributed by atoms with E-state index in [0.717, 1.165) is 6.54 Å². The van der Waals surface area contributed by atoms with E-state index in [2.05, 4.69) is 46.5 Å². The lowest BCUT2D eigenvalue weighted by molar-refractivity contribution is 0.115. The van der Waals surface area contributed by atoms with Gasteiger partial charge in [-0.25, -0.2) is 0 Å². The number of thiophene rings is 1. The lowest BCUT2D eigenvalue weighted by Gasteiger charge is -2.16. The third-order valence-electron chi connectivity index (χ3n) is 2.15. The summed E-state index contributed by atoms with van der Waals surface area (Å²) in [5.41, 5.74) is 0. The minimum atomic E-state index is 0.260. The highest BCUT2D eigenvalue weighted by Gasteiger charge is 2.11. The van der Waals surface area contributed by atoms with Gasteiger partial charge in [-0.15, -0.1) is 11.3 Å². The van der Waals surface area contributed by atoms with Gasteiger partial charge < -0.3 is 10.1 Å². The molecule has 2 unspecified atom stereocenters. The minimum absolute atomic E-state index is 0.260. The van der Waals surface area contributed by atoms with Gasteiger partial charge >= 0.3 is 0 Å². The Morgan fingerprint density at radius 1 is 1.57 bits per heavy atom. The van der Waals surface area contributed by atoms with E-state index in [1.807, 2.05) is 0 Å². The normalized spacial score (nSPS) is 15.4. The summed E-state index contributed by atoms with van der Waals surface area (Å²) in [6, 6.07) is 2.46. The van der Waals surface area contributed by atoms with Crippen LogP contribution >= 0.6 is 27.3 Å². The molecule has 0 fully saturated rings. The molecule has 0 aliphatic heterocycles. The summed E-state index contributed by atoms with van der Waals surface area (Å²) in [6.45, 7) is 5.10. The molecular weight excluding hydrogens is 262 g/mol. The topological polar surface area (TPSA) is 21.3 Å². The van der Waals surface area contributed by atoms with Crippen molar-refractivity contribution in [3.05, 3.63) is 20.8 Å². The molecule has 1 aromatic rings. The van der Waals surface area contributed by atoms with E-state index in [4.69, 9.17) is 4.74 Å². The van der Waals surface area contributed by atoms with Crippen LogP contribution in [0.4, 0.5) is 0 Å². The standard InChI is InChI=1S/C10H16BrNOS/c1-7(13-3)6-12-8(2)10-9(11)4-5-14-10/h4-5,7-8,12H,6H2,1-3H3. The maximum absolute atomic E-state index is 5.18. The van der Waals surface area contributed by atoms with Gasteiger partial charge in [0.25, 0.3) is 0 Å². The Morgan fingerprint density at radius 2 is 2.29 bits per heavy atom. The van der Waals surface area contributed by atoms with Gasteiger partial charge in [0.1, 0.15) is 0 Å². The Kier molecular flexibility index (Phi) is 5.09. The first kappa shape index (κ1) is 12.2. The molecule has 1 N–H and O–H groups in total. The fourth-order valence-corrected chi connectivity index (χ4v) is 2.88. The van der Waals surface area contributed by atoms with Gasteiger partial charge in [-0.3, -0.25) is 0 Å². The van der Waals surface area contributed by atoms with E-state index >= 15 is 0 Å². The van der Waals surface area contributed by atoms with Crippen LogP contribution in [0, 0.1) is 0 Å². The third-order valence-corrected chi connectivity index (χ3v) is 4.21. The summed E-state index contributed by atoms with van der Waals surface area (Å²) in [4.78, 5) is 1.34. The number of halogens is 1. The molecule has 0 aliphatic carbocycles. The predicted molar refractivity (Wildman–Crippen MR) is 64.9 cm³/mol. The van der Waals surface area contributed by atoms with Crippen LogP contribution in [0.1, 0.15) is 24.8 Å². The Bertz CT molecular complexity index is 277. The molecule has 0 spiro atoms. The Labute approximate surface area is 97.8 Å². The zero-order valence-corrected chi connectivity index (χ0v) is 11.1. The lowest BCUT2D eigenvalue weighted by Crippen LogP contribution is -2.28. The smallest absolute Gasteiger partial charge is 0.0667 e. The molecule has 80 valence electrons. The van der Waals surface area contributed by atoms with Crippen LogP contribution in [0.5, 0.6) is 0 Å². The molecule has 0 aromatic carbocycles. The van der Waals surface area contributed by atoms with E-state index in [9.17, 15) is 0 Å². The largest absolute Gasteiger partial charge is 0.380 e. The highest BCUT2D eigenvalue weighted by atomic mass is 79.9. The van der Waals surface area contributed by atoms with Crippen LogP contribution in [0.25, 0.3) is 0 Å². The molecule has 2 nitrogen and oxygen atoms in total. The summed E-state index contributed by atoms with van der Waals surface area (Å²) >= 11 is 5.30. The number of hydrogen-bond donors (Lipinski definition) is 1. The van der Waals surface area contributed by atoms with Crippen molar-refractivity contribution in [3.63, 3.8) is 0 Å². The van der Waals surface area contributed by atoms with Gasteiger partial charge in [-0.1, -0.05) is 0 Å². The molecule has 0 bridgehead atoms. The quantitative estimate of drug-likeness (QED) is 0.893. The van der Waals surface area contributed by atoms with Crippen molar-refractivity contribution in [1.29, 1.82) is 0 Å². The zero-order valence-electron chi connectivity index (χ0n) is 8.71. The number of methoxy groups -OCH3 is 1. The summed E-state index contributed by atoms with van der Waals surface area (Å²) in [6.07, 6.45) is 0.260. The average molecular weight is 278 g/mol. The van der Waals surface area contributed by atoms with E-state index in [0.29, 0.717) is 6.04 Å². The van der Waals surface area contributed by atoms with E-state index < -0.39 is 0 Å². The lowest BCUT2D eigenvalue weighted by atomic mass is 10.2. The van der Waals surface area contributed by atoms with Crippen molar-refractivity contribution in [2.45, 2.75) is 26.0 Å². The molecule has 2 atom stereocenters. The first-order chi connectivity index (χ1) is 6.65. The van der Waals surface area contributed by atoms with Crippen LogP contribution in [0.15, 0.2) is 15.9 Å². The van der Waals surface area contributed by atoms with Gasteiger partial charge in [0.15, 0.2) is 0 Å². The molecule has 14 heavy (non-hydrogen) atoms. The fraction of sp³-hybridized carbons (Fsp3) is 0.600. The summed E-state index contributed by atoms with van der Waals surface area (Å²) in [5.74, 6) is 0. The molecule has 0 aliphatic rings. The zero-order chi connectivity index (χ0) is 10.6. The van der Waals surface area contributed by atoms with Crippen LogP contribution in [-0.4, -0.2) is 19.8 Å². The number of hydrogen-bond acceptors (Lipinski definition) is 3. The van der Waals surface area contributed by atoms with Crippen molar-refractivity contribution in [1.82, 2.24) is 5.32 Å². The maximum atomic E-state index is 5.18. The van der Waals surface area contributed by atoms with E-state index in [-0.39, 0.29) is 6.10 Å². The highest BCUT2D eigenvalue weighted by molar-refractivity contribution is 9.10. The first-order valence-corrected chi connectivity index (χ1v) is 6.31. The Balaban J connectivity index is 2.43. The fourth-order valence-electron chi connectivity index (χ4n) is 1.13. The van der Waals surface area contributed by atoms with Crippen molar-refractivity contribution in [3.8, 4) is 0 Å². The molecular formula is C10H16BrNOS. The van der Waals surface area contributed by atoms with Crippen molar-refractivity contribution in [2.75, 3.05) is 13.7 Å². The number of rotatable bonds is 5. The summed E-state index contributed by atoms with van der Waals surface area (Å²) < 4.78 is 6.36. The molecule has 1 rings (SSSR count). The second kappa shape index (κ2) is 5.85. The second-order valence-electron chi connectivity index (χ2n) is 3.31. The maximum Gasteiger partial charge on any atom is 0.0667 e. The SMILES string of the molecule is COC(C)CNC(C)c1sccc1Br. The van der Waals surface area contributed by atoms with Crippen LogP contribution in [0.2, 0.25) is 0 Å². The second-order valence-corrected chi connectivity index (χ2v) is 5.11. The van der Waals surface area contributed by atoms with Crippen LogP contribution in [-0.2, 0) is 4.74 Å². The van der Waals surface area contributed by atoms with Crippen molar-refractivity contribution < 1.29 is 4.74 Å². The molecule has 1 aromatic heterocycles. The van der Waals surface area contributed by atoms with Gasteiger partial charge in [0.2, 0.25) is 0 Å². The monoisotopic (exact) mass is 277 g/mol. The highest BCUT2D eigenvalue weighted by Crippen LogP contribution is 2.28. The predicted octanol–water partition coefficient (Wildman–Crippen LogP) is 3.20. The number of nitrogens with one attached hydrogen (secondary N) is 1. The van der Waals surface area contributed by atoms with Crippen molar-refractivity contribution >= 4 is 27.3 Å². The van der Waals surface area contributed by atoms with Crippen LogP contribution < -0.4 is 5.32 Å². The van der Waals surface area contributed by atoms with Crippen LogP contribution in [0.3, 0.4) is 0 Å². The number of ether oxygens (including phenoxy) is 1. The molecule has 1 heterocycles. The Hall–Kier alpha value is 0.100. The Morgan fingerprint density at radius 3 is 2.79 bits per heavy atom. The molecule has 0 amide bonds. The first-order valence-electron chi connectivity index (χ1n) is 4.64. The summed E-state index contributed by atoms with van der Waals surface area (Å²) in [5, 5.41) is 5.53. The van der Waals surface area contributed by atoms with Gasteiger partial charge in [-0.2, -0.15) is 0 Å². The average Bonchev–Trinajstić information content (AvgIpc) is 2.60. The van der Waals surface area contributed by atoms with E-state index in [1.54, 1.807) is 18.4 Å². The van der Waals surface area contributed by atoms with Gasteiger partial charge in [-0.05, 0) is 41.2 Å². The molecule has 0 radical (unpaired) electrons. The van der Waals surface area contributed by atoms with Crippen molar-refractivity contribution in [2.24, 2.45) is 0 Å². The molecule has 4 heteroatoms. The van der Waals surface area contributed by atoms with E-state index in [1.165, 1.54) is 9.35 Å².